The third-order valence-electron chi connectivity index (χ3n) is 6.32. The summed E-state index contributed by atoms with van der Waals surface area (Å²) < 4.78 is 14.0. The van der Waals surface area contributed by atoms with Crippen LogP contribution in [0.2, 0.25) is 0 Å². The van der Waals surface area contributed by atoms with Crippen molar-refractivity contribution in [1.82, 2.24) is 20.2 Å². The molecular formula is C38H53IN4O8. The lowest BCUT2D eigenvalue weighted by molar-refractivity contribution is -0.193. The topological polar surface area (TPSA) is 166 Å². The molecule has 2 heterocycles. The minimum atomic E-state index is -0.457. The smallest absolute Gasteiger partial charge is 0.407 e. The molecule has 2 aromatic carbocycles. The van der Waals surface area contributed by atoms with Gasteiger partial charge in [0.05, 0.1) is 0 Å². The Bertz CT molecular complexity index is 1640. The second-order valence-corrected chi connectivity index (χ2v) is 14.0. The molecule has 13 heteroatoms. The largest absolute Gasteiger partial charge is 0.444 e. The van der Waals surface area contributed by atoms with E-state index in [9.17, 15) is 9.59 Å². The summed E-state index contributed by atoms with van der Waals surface area (Å²) in [5.41, 5.74) is 3.93. The minimum Gasteiger partial charge on any atom is -0.444 e. The van der Waals surface area contributed by atoms with Crippen molar-refractivity contribution in [3.05, 3.63) is 72.1 Å². The number of amides is 2. The lowest BCUT2D eigenvalue weighted by Crippen LogP contribution is -2.33. The van der Waals surface area contributed by atoms with E-state index in [-0.39, 0.29) is 24.5 Å². The first kappa shape index (κ1) is 46.5. The predicted octanol–water partition coefficient (Wildman–Crippen LogP) is 8.02. The van der Waals surface area contributed by atoms with Crippen LogP contribution in [0, 0.1) is 0 Å². The standard InChI is InChI=1S/C18H26N2O2.C15H20N2O2.C3H7I.2CO2/c1-5-12-20-13-14(15-8-6-7-9-16(15)20)10-11-19-17(21)22-18(2,3)4;1-15(2,3)19-14(18)16-9-8-11-10-17-13-7-5-4-6-12(11)13;1-2-3-4;2*2-1-3/h6-9,13H,5,10-12H2,1-4H3,(H,19,21);4-7,10,17H,8-9H2,1-3H3,(H,16,18);2-3H2,1H3;;. The number of rotatable bonds is 9. The number of fused-ring (bicyclic) bond motifs is 2. The number of para-hydroxylation sites is 2. The molecule has 0 spiro atoms. The summed E-state index contributed by atoms with van der Waals surface area (Å²) in [6.45, 7) is 17.7. The number of nitrogens with zero attached hydrogens (tertiary/aromatic N) is 1. The van der Waals surface area contributed by atoms with E-state index in [2.05, 4.69) is 93.2 Å². The third-order valence-corrected chi connectivity index (χ3v) is 7.40. The number of ether oxygens (including phenoxy) is 2. The summed E-state index contributed by atoms with van der Waals surface area (Å²) >= 11 is 2.35. The van der Waals surface area contributed by atoms with Crippen LogP contribution in [0.5, 0.6) is 0 Å². The summed E-state index contributed by atoms with van der Waals surface area (Å²) in [5, 5.41) is 8.06. The molecule has 0 aliphatic heterocycles. The Labute approximate surface area is 314 Å². The fourth-order valence-corrected chi connectivity index (χ4v) is 4.51. The van der Waals surface area contributed by atoms with Crippen molar-refractivity contribution in [2.75, 3.05) is 17.5 Å². The average Bonchev–Trinajstić information content (AvgIpc) is 3.62. The fourth-order valence-electron chi connectivity index (χ4n) is 4.51. The van der Waals surface area contributed by atoms with Crippen LogP contribution >= 0.6 is 22.6 Å². The predicted molar refractivity (Wildman–Crippen MR) is 206 cm³/mol. The first-order chi connectivity index (χ1) is 24.1. The molecule has 0 atom stereocenters. The minimum absolute atomic E-state index is 0.250. The summed E-state index contributed by atoms with van der Waals surface area (Å²) in [6.07, 6.45) is 7.96. The van der Waals surface area contributed by atoms with E-state index in [1.165, 1.54) is 38.3 Å². The Morgan fingerprint density at radius 2 is 1.20 bits per heavy atom. The number of hydrogen-bond donors (Lipinski definition) is 3. The Hall–Kier alpha value is -4.45. The molecule has 0 bridgehead atoms. The van der Waals surface area contributed by atoms with E-state index in [1.54, 1.807) is 0 Å². The zero-order valence-corrected chi connectivity index (χ0v) is 33.2. The van der Waals surface area contributed by atoms with Crippen LogP contribution < -0.4 is 10.6 Å². The Kier molecular flexibility index (Phi) is 23.3. The molecule has 0 radical (unpaired) electrons. The number of nitrogens with one attached hydrogen (secondary N) is 3. The highest BCUT2D eigenvalue weighted by Crippen LogP contribution is 2.22. The van der Waals surface area contributed by atoms with Crippen molar-refractivity contribution < 1.29 is 38.2 Å². The number of alkyl carbamates (subject to hydrolysis) is 2. The van der Waals surface area contributed by atoms with E-state index in [4.69, 9.17) is 28.7 Å². The van der Waals surface area contributed by atoms with Gasteiger partial charge in [0.1, 0.15) is 11.2 Å². The zero-order valence-electron chi connectivity index (χ0n) is 31.0. The molecule has 3 N–H and O–H groups in total. The van der Waals surface area contributed by atoms with Crippen LogP contribution in [0.4, 0.5) is 9.59 Å². The van der Waals surface area contributed by atoms with Gasteiger partial charge in [-0.25, -0.2) is 9.59 Å². The quantitative estimate of drug-likeness (QED) is 0.113. The summed E-state index contributed by atoms with van der Waals surface area (Å²) in [4.78, 5) is 58.9. The van der Waals surface area contributed by atoms with Crippen LogP contribution in [-0.2, 0) is 48.0 Å². The maximum Gasteiger partial charge on any atom is 0.407 e. The van der Waals surface area contributed by atoms with E-state index in [0.717, 1.165) is 31.3 Å². The Morgan fingerprint density at radius 3 is 1.67 bits per heavy atom. The van der Waals surface area contributed by atoms with Crippen molar-refractivity contribution in [2.45, 2.75) is 98.8 Å². The summed E-state index contributed by atoms with van der Waals surface area (Å²) in [5.74, 6) is 0. The van der Waals surface area contributed by atoms with Crippen molar-refractivity contribution in [1.29, 1.82) is 0 Å². The molecule has 2 aromatic heterocycles. The molecule has 0 saturated heterocycles. The van der Waals surface area contributed by atoms with Crippen LogP contribution in [0.1, 0.15) is 79.4 Å². The van der Waals surface area contributed by atoms with Crippen LogP contribution in [0.15, 0.2) is 60.9 Å². The highest BCUT2D eigenvalue weighted by molar-refractivity contribution is 14.1. The fraction of sp³-hybridized carbons (Fsp3) is 0.474. The molecule has 4 aromatic rings. The maximum absolute atomic E-state index is 11.7. The number of aromatic amines is 1. The number of carbonyl (C=O) groups excluding carboxylic acids is 6. The van der Waals surface area contributed by atoms with Crippen molar-refractivity contribution in [3.63, 3.8) is 0 Å². The van der Waals surface area contributed by atoms with Gasteiger partial charge in [-0.3, -0.25) is 0 Å². The molecule has 2 amide bonds. The van der Waals surface area contributed by atoms with Crippen molar-refractivity contribution >= 4 is 68.9 Å². The monoisotopic (exact) mass is 820 g/mol. The van der Waals surface area contributed by atoms with E-state index in [0.29, 0.717) is 13.1 Å². The van der Waals surface area contributed by atoms with Gasteiger partial charge in [0.2, 0.25) is 0 Å². The number of carbonyl (C=O) groups is 2. The molecule has 0 aliphatic carbocycles. The second-order valence-electron chi connectivity index (χ2n) is 12.9. The number of halogens is 1. The van der Waals surface area contributed by atoms with Crippen LogP contribution in [-0.4, -0.2) is 62.8 Å². The molecule has 12 nitrogen and oxygen atoms in total. The number of hydrogen-bond acceptors (Lipinski definition) is 8. The number of benzene rings is 2. The molecule has 4 rings (SSSR count). The number of aromatic nitrogens is 2. The van der Waals surface area contributed by atoms with Gasteiger partial charge in [-0.1, -0.05) is 72.8 Å². The SMILES string of the molecule is CC(C)(C)OC(=O)NCCc1c[nH]c2ccccc12.CCCI.CCCn1cc(CCNC(=O)OC(C)(C)C)c2ccccc21.O=C=O.O=C=O. The lowest BCUT2D eigenvalue weighted by Gasteiger charge is -2.19. The molecular weight excluding hydrogens is 767 g/mol. The van der Waals surface area contributed by atoms with Gasteiger partial charge in [0.25, 0.3) is 0 Å². The summed E-state index contributed by atoms with van der Waals surface area (Å²) in [6, 6.07) is 16.6. The number of alkyl halides is 1. The first-order valence-electron chi connectivity index (χ1n) is 16.7. The number of H-pyrrole nitrogens is 1. The zero-order chi connectivity index (χ0) is 38.9. The van der Waals surface area contributed by atoms with Crippen molar-refractivity contribution in [3.8, 4) is 0 Å². The first-order valence-corrected chi connectivity index (χ1v) is 18.2. The molecule has 0 unspecified atom stereocenters. The van der Waals surface area contributed by atoms with Crippen LogP contribution in [0.3, 0.4) is 0 Å². The van der Waals surface area contributed by atoms with Gasteiger partial charge in [-0.15, -0.1) is 0 Å². The van der Waals surface area contributed by atoms with E-state index in [1.807, 2.05) is 65.9 Å². The van der Waals surface area contributed by atoms with Gasteiger partial charge in [-0.05, 0) is 94.9 Å². The maximum atomic E-state index is 11.7. The Morgan fingerprint density at radius 1 is 0.745 bits per heavy atom. The lowest BCUT2D eigenvalue weighted by atomic mass is 10.1. The molecule has 280 valence electrons. The van der Waals surface area contributed by atoms with Gasteiger partial charge >= 0.3 is 24.5 Å². The molecule has 0 aliphatic rings. The summed E-state index contributed by atoms with van der Waals surface area (Å²) in [7, 11) is 0. The Balaban J connectivity index is 0.000000783. The molecule has 0 saturated carbocycles. The molecule has 0 fully saturated rings. The second kappa shape index (κ2) is 25.5. The van der Waals surface area contributed by atoms with Gasteiger partial charge in [0, 0.05) is 53.8 Å². The highest BCUT2D eigenvalue weighted by Gasteiger charge is 2.17. The van der Waals surface area contributed by atoms with Crippen molar-refractivity contribution in [2.24, 2.45) is 0 Å². The normalized spacial score (nSPS) is 10.2. The van der Waals surface area contributed by atoms with Gasteiger partial charge in [-0.2, -0.15) is 19.2 Å². The van der Waals surface area contributed by atoms with Crippen LogP contribution in [0.25, 0.3) is 21.8 Å². The molecule has 51 heavy (non-hydrogen) atoms. The highest BCUT2D eigenvalue weighted by atomic mass is 127. The number of aryl methyl sites for hydroxylation is 1. The average molecular weight is 821 g/mol. The van der Waals surface area contributed by atoms with Gasteiger partial charge in [0.15, 0.2) is 0 Å². The van der Waals surface area contributed by atoms with Gasteiger partial charge < -0.3 is 29.7 Å². The third kappa shape index (κ3) is 20.7. The van der Waals surface area contributed by atoms with E-state index >= 15 is 0 Å². The van der Waals surface area contributed by atoms with E-state index < -0.39 is 11.2 Å².